The van der Waals surface area contributed by atoms with Crippen molar-refractivity contribution in [3.63, 3.8) is 0 Å². The van der Waals surface area contributed by atoms with Crippen molar-refractivity contribution in [1.82, 2.24) is 0 Å². The molecular weight excluding hydrogens is 202 g/mol. The largest absolute Gasteiger partial charge is 0.290 e. The van der Waals surface area contributed by atoms with Crippen molar-refractivity contribution < 1.29 is 4.79 Å². The topological polar surface area (TPSA) is 20.3 Å². The molecule has 1 aliphatic heterocycles. The van der Waals surface area contributed by atoms with E-state index in [1.807, 2.05) is 24.3 Å². The highest BCUT2D eigenvalue weighted by atomic mass is 32.2. The maximum Gasteiger partial charge on any atom is 0.225 e. The number of hydrogen-bond donors (Lipinski definition) is 1. The first kappa shape index (κ1) is 8.97. The van der Waals surface area contributed by atoms with Crippen molar-refractivity contribution in [1.29, 1.82) is 0 Å². The van der Waals surface area contributed by atoms with Crippen LogP contribution in [0.3, 0.4) is 0 Å². The van der Waals surface area contributed by atoms with E-state index < -0.39 is 0 Å². The molecule has 0 fully saturated rings. The number of nitrogens with zero attached hydrogens (tertiary/aromatic N) is 1. The molecule has 0 N–H and O–H groups in total. The smallest absolute Gasteiger partial charge is 0.225 e. The third kappa shape index (κ3) is 1.44. The summed E-state index contributed by atoms with van der Waals surface area (Å²) in [6, 6.07) is 7.85. The molecule has 0 bridgehead atoms. The number of thioether (sulfide) groups is 1. The van der Waals surface area contributed by atoms with E-state index in [4.69, 9.17) is 0 Å². The maximum atomic E-state index is 11.3. The fourth-order valence-corrected chi connectivity index (χ4v) is 3.03. The standard InChI is InChI=1S/C9H9NOS2/c1-6(11)10-7-4-2-3-5-8(7)13-9(10)12/h2-5,9,12H,1H3. The molecule has 1 aromatic carbocycles. The van der Waals surface area contributed by atoms with Crippen LogP contribution >= 0.6 is 24.4 Å². The second kappa shape index (κ2) is 3.27. The Kier molecular flexibility index (Phi) is 2.26. The molecule has 1 unspecified atom stereocenters. The summed E-state index contributed by atoms with van der Waals surface area (Å²) in [5, 5.41) is 0. The van der Waals surface area contributed by atoms with Gasteiger partial charge in [0, 0.05) is 11.8 Å². The predicted molar refractivity (Wildman–Crippen MR) is 58.2 cm³/mol. The van der Waals surface area contributed by atoms with E-state index in [0.29, 0.717) is 0 Å². The number of para-hydroxylation sites is 1. The van der Waals surface area contributed by atoms with Crippen LogP contribution in [-0.4, -0.2) is 10.6 Å². The number of fused-ring (bicyclic) bond motifs is 1. The number of benzene rings is 1. The van der Waals surface area contributed by atoms with Gasteiger partial charge >= 0.3 is 0 Å². The number of carbonyl (C=O) groups excluding carboxylic acids is 1. The van der Waals surface area contributed by atoms with E-state index in [-0.39, 0.29) is 10.6 Å². The predicted octanol–water partition coefficient (Wildman–Crippen LogP) is 2.36. The lowest BCUT2D eigenvalue weighted by Gasteiger charge is -2.18. The van der Waals surface area contributed by atoms with Gasteiger partial charge in [0.15, 0.2) is 0 Å². The number of anilines is 1. The van der Waals surface area contributed by atoms with Gasteiger partial charge in [0.2, 0.25) is 5.91 Å². The molecule has 2 nitrogen and oxygen atoms in total. The van der Waals surface area contributed by atoms with Crippen molar-refractivity contribution in [2.75, 3.05) is 4.90 Å². The highest BCUT2D eigenvalue weighted by molar-refractivity contribution is 8.11. The molecule has 0 spiro atoms. The average molecular weight is 211 g/mol. The molecule has 0 saturated heterocycles. The van der Waals surface area contributed by atoms with Crippen LogP contribution in [0.5, 0.6) is 0 Å². The highest BCUT2D eigenvalue weighted by Gasteiger charge is 2.29. The Morgan fingerprint density at radius 2 is 2.23 bits per heavy atom. The summed E-state index contributed by atoms with van der Waals surface area (Å²) >= 11 is 5.94. The molecular formula is C9H9NOS2. The molecule has 1 atom stereocenters. The number of hydrogen-bond acceptors (Lipinski definition) is 3. The minimum absolute atomic E-state index is 0.0393. The molecule has 13 heavy (non-hydrogen) atoms. The Morgan fingerprint density at radius 3 is 2.92 bits per heavy atom. The second-order valence-corrected chi connectivity index (χ2v) is 4.76. The van der Waals surface area contributed by atoms with E-state index >= 15 is 0 Å². The lowest BCUT2D eigenvalue weighted by molar-refractivity contribution is -0.116. The zero-order chi connectivity index (χ0) is 9.42. The number of thiol groups is 1. The van der Waals surface area contributed by atoms with Crippen LogP contribution in [-0.2, 0) is 4.79 Å². The first-order valence-electron chi connectivity index (χ1n) is 3.93. The third-order valence-electron chi connectivity index (χ3n) is 1.92. The Bertz CT molecular complexity index is 353. The van der Waals surface area contributed by atoms with Crippen LogP contribution in [0.25, 0.3) is 0 Å². The minimum atomic E-state index is -0.0742. The van der Waals surface area contributed by atoms with E-state index in [9.17, 15) is 4.79 Å². The number of carbonyl (C=O) groups is 1. The van der Waals surface area contributed by atoms with Gasteiger partial charge in [0.25, 0.3) is 0 Å². The normalized spacial score (nSPS) is 20.2. The molecule has 0 saturated carbocycles. The lowest BCUT2D eigenvalue weighted by atomic mass is 10.3. The molecule has 0 aliphatic carbocycles. The van der Waals surface area contributed by atoms with Crippen molar-refractivity contribution >= 4 is 36.0 Å². The fraction of sp³-hybridized carbons (Fsp3) is 0.222. The van der Waals surface area contributed by atoms with Crippen LogP contribution < -0.4 is 4.90 Å². The van der Waals surface area contributed by atoms with E-state index in [2.05, 4.69) is 12.6 Å². The molecule has 1 aromatic rings. The van der Waals surface area contributed by atoms with Gasteiger partial charge in [0.1, 0.15) is 4.71 Å². The fourth-order valence-electron chi connectivity index (χ4n) is 1.37. The maximum absolute atomic E-state index is 11.3. The summed E-state index contributed by atoms with van der Waals surface area (Å²) in [5.74, 6) is 0.0393. The van der Waals surface area contributed by atoms with Crippen molar-refractivity contribution in [3.05, 3.63) is 24.3 Å². The van der Waals surface area contributed by atoms with Crippen molar-refractivity contribution in [2.24, 2.45) is 0 Å². The first-order chi connectivity index (χ1) is 6.20. The summed E-state index contributed by atoms with van der Waals surface area (Å²) in [7, 11) is 0. The van der Waals surface area contributed by atoms with Crippen molar-refractivity contribution in [3.8, 4) is 0 Å². The van der Waals surface area contributed by atoms with Gasteiger partial charge in [-0.2, -0.15) is 0 Å². The average Bonchev–Trinajstić information content (AvgIpc) is 2.39. The zero-order valence-electron chi connectivity index (χ0n) is 7.10. The van der Waals surface area contributed by atoms with Crippen molar-refractivity contribution in [2.45, 2.75) is 16.5 Å². The number of amides is 1. The van der Waals surface area contributed by atoms with Crippen LogP contribution in [0.1, 0.15) is 6.92 Å². The van der Waals surface area contributed by atoms with Crippen LogP contribution in [0.2, 0.25) is 0 Å². The van der Waals surface area contributed by atoms with Crippen LogP contribution in [0, 0.1) is 0 Å². The molecule has 0 aromatic heterocycles. The Balaban J connectivity index is 2.46. The zero-order valence-corrected chi connectivity index (χ0v) is 8.81. The monoisotopic (exact) mass is 211 g/mol. The van der Waals surface area contributed by atoms with Gasteiger partial charge in [-0.3, -0.25) is 9.69 Å². The van der Waals surface area contributed by atoms with Gasteiger partial charge in [0.05, 0.1) is 5.69 Å². The Labute approximate surface area is 86.7 Å². The lowest BCUT2D eigenvalue weighted by Crippen LogP contribution is -2.30. The van der Waals surface area contributed by atoms with Gasteiger partial charge in [-0.25, -0.2) is 0 Å². The quantitative estimate of drug-likeness (QED) is 0.665. The second-order valence-electron chi connectivity index (χ2n) is 2.80. The van der Waals surface area contributed by atoms with E-state index in [1.54, 1.807) is 23.6 Å². The molecule has 1 aliphatic rings. The molecule has 1 heterocycles. The summed E-state index contributed by atoms with van der Waals surface area (Å²) in [4.78, 5) is 14.1. The Morgan fingerprint density at radius 1 is 1.54 bits per heavy atom. The van der Waals surface area contributed by atoms with Crippen LogP contribution in [0.15, 0.2) is 29.2 Å². The van der Waals surface area contributed by atoms with Gasteiger partial charge in [-0.05, 0) is 12.1 Å². The molecule has 4 heteroatoms. The molecule has 1 amide bonds. The number of rotatable bonds is 0. The van der Waals surface area contributed by atoms with E-state index in [0.717, 1.165) is 10.6 Å². The SMILES string of the molecule is CC(=O)N1c2ccccc2SC1S. The molecule has 2 rings (SSSR count). The van der Waals surface area contributed by atoms with Gasteiger partial charge in [-0.1, -0.05) is 23.9 Å². The minimum Gasteiger partial charge on any atom is -0.290 e. The Hall–Kier alpha value is -0.610. The summed E-state index contributed by atoms with van der Waals surface area (Å²) in [6.07, 6.45) is 0. The van der Waals surface area contributed by atoms with Crippen LogP contribution in [0.4, 0.5) is 5.69 Å². The van der Waals surface area contributed by atoms with E-state index in [1.165, 1.54) is 0 Å². The summed E-state index contributed by atoms with van der Waals surface area (Å²) < 4.78 is -0.0742. The first-order valence-corrected chi connectivity index (χ1v) is 5.33. The summed E-state index contributed by atoms with van der Waals surface area (Å²) in [6.45, 7) is 1.56. The highest BCUT2D eigenvalue weighted by Crippen LogP contribution is 2.44. The summed E-state index contributed by atoms with van der Waals surface area (Å²) in [5.41, 5.74) is 0.972. The third-order valence-corrected chi connectivity index (χ3v) is 3.49. The molecule has 0 radical (unpaired) electrons. The van der Waals surface area contributed by atoms with Gasteiger partial charge in [-0.15, -0.1) is 12.6 Å². The molecule has 68 valence electrons. The van der Waals surface area contributed by atoms with Gasteiger partial charge < -0.3 is 0 Å².